The van der Waals surface area contributed by atoms with E-state index in [2.05, 4.69) is 64.8 Å². The third-order valence-corrected chi connectivity index (χ3v) is 20.2. The lowest BCUT2D eigenvalue weighted by Crippen LogP contribution is -2.16. The summed E-state index contributed by atoms with van der Waals surface area (Å²) in [7, 11) is -34.1. The van der Waals surface area contributed by atoms with Crippen molar-refractivity contribution in [1.29, 1.82) is 0 Å². The van der Waals surface area contributed by atoms with E-state index in [0.29, 0.717) is 24.2 Å². The Kier molecular flexibility index (Phi) is 20.5. The smallest absolute Gasteiger partial charge is 0.397 e. The minimum Gasteiger partial charge on any atom is -0.506 e. The largest absolute Gasteiger partial charge is 0.506 e. The van der Waals surface area contributed by atoms with Crippen LogP contribution < -0.4 is 5.32 Å². The van der Waals surface area contributed by atoms with Gasteiger partial charge in [-0.25, -0.2) is 26.3 Å². The molecule has 0 aliphatic carbocycles. The van der Waals surface area contributed by atoms with Gasteiger partial charge < -0.3 is 15.5 Å². The number of hydrogen-bond donors (Lipinski definition) is 9. The first-order valence-corrected chi connectivity index (χ1v) is 35.6. The second kappa shape index (κ2) is 27.3. The molecular weight excluding hydrogens is 1380 g/mol. The molecule has 0 aliphatic rings. The first-order valence-electron chi connectivity index (χ1n) is 24.3. The van der Waals surface area contributed by atoms with Crippen molar-refractivity contribution in [3.63, 3.8) is 0 Å². The summed E-state index contributed by atoms with van der Waals surface area (Å²) in [5.41, 5.74) is -1.62. The van der Waals surface area contributed by atoms with Crippen LogP contribution in [-0.4, -0.2) is 121 Å². The number of rotatable bonds is 26. The van der Waals surface area contributed by atoms with E-state index in [1.807, 2.05) is 0 Å². The fourth-order valence-electron chi connectivity index (χ4n) is 7.97. The highest BCUT2D eigenvalue weighted by atomic mass is 32.3. The van der Waals surface area contributed by atoms with Gasteiger partial charge in [0.25, 0.3) is 40.5 Å². The standard InChI is InChI=1S/C48H39N9O26S8/c58-43-22-27(4-10-38(43)53-51-36-16-17-42(48-33(36)2-1-3-45(48)88(68,69)70)57-56-41-12-7-29(25-46(41)89(71,72)73)85(61,62)20-18-80-91(77,78)79)49-28-5-11-39(44(59)23-28)54-52-37-15-14-35(32-9-6-31(24-34(32)37)87(65,66)67)50-55-40-13-8-30(26-47(40)90(74,75)76)86(63,64)21-19-84-83-82-81-60/h1-17,22-26,49,58-60H,18-21H2,(H,65,66,67)(H,68,69,70)(H,71,72,73)(H,74,75,76)(H,77,78,79). The van der Waals surface area contributed by atoms with Crippen molar-refractivity contribution < 1.29 is 116 Å². The number of nitrogens with zero attached hydrogens (tertiary/aromatic N) is 8. The van der Waals surface area contributed by atoms with Gasteiger partial charge in [0.1, 0.15) is 48.9 Å². The first kappa shape index (κ1) is 68.6. The fourth-order valence-corrected chi connectivity index (χ4v) is 14.3. The lowest BCUT2D eigenvalue weighted by Gasteiger charge is -2.10. The fraction of sp³-hybridized carbons (Fsp3) is 0.0833. The number of benzene rings is 8. The molecule has 0 saturated carbocycles. The van der Waals surface area contributed by atoms with Crippen LogP contribution in [0.3, 0.4) is 0 Å². The van der Waals surface area contributed by atoms with Crippen molar-refractivity contribution in [3.8, 4) is 11.5 Å². The number of azo groups is 4. The zero-order chi connectivity index (χ0) is 66.5. The van der Waals surface area contributed by atoms with Crippen LogP contribution in [0.4, 0.5) is 56.9 Å². The highest BCUT2D eigenvalue weighted by molar-refractivity contribution is 7.97. The van der Waals surface area contributed by atoms with E-state index in [4.69, 9.17) is 9.81 Å². The van der Waals surface area contributed by atoms with E-state index < -0.39 is 141 Å². The molecule has 0 amide bonds. The Labute approximate surface area is 517 Å². The Hall–Kier alpha value is -8.32. The summed E-state index contributed by atoms with van der Waals surface area (Å²) in [6.07, 6.45) is 0. The van der Waals surface area contributed by atoms with Crippen LogP contribution in [0.2, 0.25) is 0 Å². The predicted octanol–water partition coefficient (Wildman–Crippen LogP) is 10.2. The van der Waals surface area contributed by atoms with Crippen molar-refractivity contribution in [1.82, 2.24) is 0 Å². The molecule has 35 nitrogen and oxygen atoms in total. The van der Waals surface area contributed by atoms with E-state index in [1.165, 1.54) is 72.8 Å². The maximum Gasteiger partial charge on any atom is 0.397 e. The van der Waals surface area contributed by atoms with E-state index in [9.17, 15) is 87.3 Å². The third kappa shape index (κ3) is 17.4. The second-order valence-electron chi connectivity index (χ2n) is 18.0. The Balaban J connectivity index is 1.01. The van der Waals surface area contributed by atoms with Crippen molar-refractivity contribution in [2.24, 2.45) is 40.9 Å². The summed E-state index contributed by atoms with van der Waals surface area (Å²) in [6, 6.07) is 24.2. The molecule has 8 aromatic rings. The van der Waals surface area contributed by atoms with Gasteiger partial charge in [-0.3, -0.25) is 22.8 Å². The maximum atomic E-state index is 12.9. The molecule has 0 fully saturated rings. The van der Waals surface area contributed by atoms with Crippen molar-refractivity contribution >= 4 is 161 Å². The molecule has 8 aromatic carbocycles. The van der Waals surface area contributed by atoms with Gasteiger partial charge in [-0.15, -0.1) is 45.2 Å². The van der Waals surface area contributed by atoms with Gasteiger partial charge in [0.05, 0.1) is 55.5 Å². The van der Waals surface area contributed by atoms with Crippen molar-refractivity contribution in [3.05, 3.63) is 133 Å². The molecule has 9 N–H and O–H groups in total. The van der Waals surface area contributed by atoms with Gasteiger partial charge in [0, 0.05) is 62.8 Å². The lowest BCUT2D eigenvalue weighted by molar-refractivity contribution is -0.591. The Morgan fingerprint density at radius 2 is 0.835 bits per heavy atom. The van der Waals surface area contributed by atoms with Crippen molar-refractivity contribution in [2.75, 3.05) is 29.2 Å². The van der Waals surface area contributed by atoms with E-state index in [1.54, 1.807) is 0 Å². The molecule has 0 bridgehead atoms. The summed E-state index contributed by atoms with van der Waals surface area (Å²) < 4.78 is 229. The molecule has 0 aromatic heterocycles. The van der Waals surface area contributed by atoms with Crippen LogP contribution in [-0.2, 0) is 89.1 Å². The SMILES string of the molecule is O=S(=O)(O)OCCS(=O)(=O)c1ccc(N=Nc2ccc(N=Nc3ccc(Nc4ccc(N=Nc5ccc(N=Nc6ccc(S(=O)(=O)CCSOOOO)cc6S(=O)(=O)O)c6ccc(S(=O)(=O)O)cc56)c(O)c4)cc3O)c3cccc(S(=O)(=O)O)c23)c(S(=O)(=O)O)c1. The molecule has 480 valence electrons. The van der Waals surface area contributed by atoms with Crippen LogP contribution in [0.15, 0.2) is 204 Å². The number of sulfone groups is 2. The molecule has 8 rings (SSSR count). The van der Waals surface area contributed by atoms with E-state index >= 15 is 0 Å². The predicted molar refractivity (Wildman–Crippen MR) is 316 cm³/mol. The van der Waals surface area contributed by atoms with Gasteiger partial charge in [-0.2, -0.15) is 42.1 Å². The van der Waals surface area contributed by atoms with Crippen molar-refractivity contribution in [2.45, 2.75) is 29.4 Å². The quantitative estimate of drug-likeness (QED) is 0.00607. The zero-order valence-corrected chi connectivity index (χ0v) is 51.3. The molecule has 0 unspecified atom stereocenters. The summed E-state index contributed by atoms with van der Waals surface area (Å²) in [5, 5.41) is 71.8. The van der Waals surface area contributed by atoms with Gasteiger partial charge in [0.15, 0.2) is 19.7 Å². The topological polar surface area (TPSA) is 549 Å². The van der Waals surface area contributed by atoms with Gasteiger partial charge in [0.2, 0.25) is 0 Å². The van der Waals surface area contributed by atoms with Crippen LogP contribution in [0, 0.1) is 0 Å². The number of phenolic OH excluding ortho intramolecular Hbond substituents is 2. The summed E-state index contributed by atoms with van der Waals surface area (Å²) in [5.74, 6) is -2.94. The summed E-state index contributed by atoms with van der Waals surface area (Å²) in [4.78, 5) is -4.73. The number of phenols is 2. The first-order chi connectivity index (χ1) is 42.5. The normalized spacial score (nSPS) is 13.2. The highest BCUT2D eigenvalue weighted by Gasteiger charge is 2.26. The molecule has 91 heavy (non-hydrogen) atoms. The minimum atomic E-state index is -5.28. The minimum absolute atomic E-state index is 0.0289. The molecule has 0 aliphatic heterocycles. The Morgan fingerprint density at radius 1 is 0.407 bits per heavy atom. The average molecular weight is 1410 g/mol. The number of anilines is 2. The molecule has 0 heterocycles. The lowest BCUT2D eigenvalue weighted by atomic mass is 10.1. The molecular formula is C48H39N9O26S8. The van der Waals surface area contributed by atoms with E-state index in [0.717, 1.165) is 48.5 Å². The number of aromatic hydroxyl groups is 2. The Bertz CT molecular complexity index is 5200. The number of nitrogens with one attached hydrogen (secondary N) is 1. The van der Waals surface area contributed by atoms with E-state index in [-0.39, 0.29) is 72.8 Å². The van der Waals surface area contributed by atoms with Gasteiger partial charge in [-0.1, -0.05) is 18.2 Å². The van der Waals surface area contributed by atoms with Crippen LogP contribution >= 0.6 is 12.0 Å². The molecule has 43 heteroatoms. The zero-order valence-electron chi connectivity index (χ0n) is 44.8. The van der Waals surface area contributed by atoms with Crippen LogP contribution in [0.1, 0.15) is 0 Å². The van der Waals surface area contributed by atoms with Gasteiger partial charge >= 0.3 is 10.4 Å². The van der Waals surface area contributed by atoms with Gasteiger partial charge in [-0.05, 0) is 113 Å². The molecule has 0 radical (unpaired) electrons. The van der Waals surface area contributed by atoms with Crippen LogP contribution in [0.25, 0.3) is 21.5 Å². The molecule has 0 saturated heterocycles. The second-order valence-corrected chi connectivity index (χ2v) is 29.7. The average Bonchev–Trinajstić information content (AvgIpc) is 0.826. The monoisotopic (exact) mass is 1410 g/mol. The number of fused-ring (bicyclic) bond motifs is 2. The third-order valence-electron chi connectivity index (χ3n) is 12.0. The van der Waals surface area contributed by atoms with Crippen LogP contribution in [0.5, 0.6) is 11.5 Å². The molecule has 0 atom stereocenters. The highest BCUT2D eigenvalue weighted by Crippen LogP contribution is 2.43. The maximum absolute atomic E-state index is 12.9. The Morgan fingerprint density at radius 3 is 1.32 bits per heavy atom. The molecule has 0 spiro atoms. The summed E-state index contributed by atoms with van der Waals surface area (Å²) >= 11 is 0.417. The number of hydrogen-bond acceptors (Lipinski definition) is 31. The summed E-state index contributed by atoms with van der Waals surface area (Å²) in [6.45, 7) is -1.07.